The van der Waals surface area contributed by atoms with Gasteiger partial charge in [0.1, 0.15) is 5.82 Å². The van der Waals surface area contributed by atoms with E-state index in [0.29, 0.717) is 24.2 Å². The Kier molecular flexibility index (Phi) is 4.18. The van der Waals surface area contributed by atoms with Crippen molar-refractivity contribution in [2.45, 2.75) is 18.8 Å². The number of halogens is 2. The lowest BCUT2D eigenvalue weighted by molar-refractivity contribution is 0.0845. The summed E-state index contributed by atoms with van der Waals surface area (Å²) in [6.45, 7) is 1.28. The third kappa shape index (κ3) is 2.80. The first-order valence-electron chi connectivity index (χ1n) is 9.14. The zero-order valence-corrected chi connectivity index (χ0v) is 15.6. The van der Waals surface area contributed by atoms with Crippen LogP contribution in [0.3, 0.4) is 0 Å². The number of nitrogens with one attached hydrogen (secondary N) is 1. The average molecular weight is 398 g/mol. The number of ether oxygens (including phenoxy) is 1. The lowest BCUT2D eigenvalue weighted by Gasteiger charge is -2.25. The summed E-state index contributed by atoms with van der Waals surface area (Å²) in [5.41, 5.74) is 3.07. The Bertz CT molecular complexity index is 1200. The van der Waals surface area contributed by atoms with Crippen LogP contribution in [0.2, 0.25) is 5.02 Å². The number of aromatic nitrogens is 3. The number of fused-ring (bicyclic) bond motifs is 2. The second-order valence-electron chi connectivity index (χ2n) is 7.07. The zero-order chi connectivity index (χ0) is 19.3. The second kappa shape index (κ2) is 6.72. The number of H-pyrrole nitrogens is 1. The number of aromatic amines is 1. The molecule has 1 aliphatic rings. The van der Waals surface area contributed by atoms with Crippen molar-refractivity contribution in [1.29, 1.82) is 0 Å². The quantitative estimate of drug-likeness (QED) is 0.489. The van der Waals surface area contributed by atoms with Gasteiger partial charge in [0.15, 0.2) is 0 Å². The summed E-state index contributed by atoms with van der Waals surface area (Å²) in [5, 5.41) is 20.0. The summed E-state index contributed by atoms with van der Waals surface area (Å²) in [6, 6.07) is 8.55. The summed E-state index contributed by atoms with van der Waals surface area (Å²) in [5.74, 6) is -0.397. The summed E-state index contributed by atoms with van der Waals surface area (Å²) in [6.07, 6.45) is 3.33. The Morgan fingerprint density at radius 1 is 1.14 bits per heavy atom. The first-order chi connectivity index (χ1) is 13.6. The van der Waals surface area contributed by atoms with E-state index >= 15 is 0 Å². The van der Waals surface area contributed by atoms with Crippen molar-refractivity contribution in [1.82, 2.24) is 15.2 Å². The molecule has 5 rings (SSSR count). The molecule has 1 fully saturated rings. The van der Waals surface area contributed by atoms with Gasteiger partial charge >= 0.3 is 0 Å². The molecule has 142 valence electrons. The molecule has 0 radical (unpaired) electrons. The molecule has 0 amide bonds. The van der Waals surface area contributed by atoms with Gasteiger partial charge in [0.05, 0.1) is 22.4 Å². The van der Waals surface area contributed by atoms with E-state index in [2.05, 4.69) is 15.2 Å². The number of nitrogens with zero attached hydrogens (tertiary/aromatic N) is 2. The molecular weight excluding hydrogens is 381 g/mol. The third-order valence-electron chi connectivity index (χ3n) is 5.39. The molecule has 4 aromatic rings. The molecule has 1 aliphatic heterocycles. The average Bonchev–Trinajstić information content (AvgIpc) is 3.17. The molecule has 5 nitrogen and oxygen atoms in total. The summed E-state index contributed by atoms with van der Waals surface area (Å²) in [4.78, 5) is 4.55. The molecule has 0 bridgehead atoms. The maximum Gasteiger partial charge on any atom is 0.219 e. The van der Waals surface area contributed by atoms with Gasteiger partial charge in [-0.2, -0.15) is 5.10 Å². The Morgan fingerprint density at radius 3 is 2.75 bits per heavy atom. The highest BCUT2D eigenvalue weighted by Crippen LogP contribution is 2.42. The molecule has 1 saturated heterocycles. The van der Waals surface area contributed by atoms with Crippen LogP contribution in [-0.2, 0) is 4.74 Å². The van der Waals surface area contributed by atoms with Crippen LogP contribution in [0.15, 0.2) is 36.5 Å². The Hall–Kier alpha value is -2.70. The third-order valence-corrected chi connectivity index (χ3v) is 5.69. The molecule has 2 aromatic heterocycles. The highest BCUT2D eigenvalue weighted by atomic mass is 35.5. The minimum atomic E-state index is -0.484. The van der Waals surface area contributed by atoms with Gasteiger partial charge < -0.3 is 9.84 Å². The van der Waals surface area contributed by atoms with E-state index in [1.165, 1.54) is 6.07 Å². The molecule has 28 heavy (non-hydrogen) atoms. The lowest BCUT2D eigenvalue weighted by atomic mass is 9.87. The fourth-order valence-electron chi connectivity index (χ4n) is 3.97. The first kappa shape index (κ1) is 17.4. The number of hydrogen-bond acceptors (Lipinski definition) is 4. The molecule has 0 aliphatic carbocycles. The molecule has 7 heteroatoms. The van der Waals surface area contributed by atoms with Crippen molar-refractivity contribution in [2.24, 2.45) is 0 Å². The predicted octanol–water partition coefficient (Wildman–Crippen LogP) is 5.17. The molecule has 0 atom stereocenters. The second-order valence-corrected chi connectivity index (χ2v) is 7.47. The summed E-state index contributed by atoms with van der Waals surface area (Å²) >= 11 is 5.90. The van der Waals surface area contributed by atoms with Crippen molar-refractivity contribution in [3.8, 4) is 17.0 Å². The normalized spacial score (nSPS) is 15.5. The van der Waals surface area contributed by atoms with E-state index in [0.717, 1.165) is 40.4 Å². The maximum atomic E-state index is 14.3. The zero-order valence-electron chi connectivity index (χ0n) is 14.9. The van der Waals surface area contributed by atoms with E-state index in [1.807, 2.05) is 12.1 Å². The van der Waals surface area contributed by atoms with Gasteiger partial charge in [-0.25, -0.2) is 9.37 Å². The van der Waals surface area contributed by atoms with Crippen LogP contribution in [0.25, 0.3) is 32.8 Å². The SMILES string of the molecule is Oc1nc(C2CCOCC2)c(-c2ccc(Cl)c(F)c2)c2cc3cn[nH]c3cc12. The molecule has 3 heterocycles. The van der Waals surface area contributed by atoms with Crippen LogP contribution in [-0.4, -0.2) is 33.5 Å². The van der Waals surface area contributed by atoms with Crippen LogP contribution in [0.4, 0.5) is 4.39 Å². The van der Waals surface area contributed by atoms with Crippen LogP contribution in [0.1, 0.15) is 24.5 Å². The van der Waals surface area contributed by atoms with Crippen LogP contribution in [0, 0.1) is 5.82 Å². The van der Waals surface area contributed by atoms with Gasteiger partial charge in [0.2, 0.25) is 5.88 Å². The number of pyridine rings is 1. The van der Waals surface area contributed by atoms with Gasteiger partial charge in [-0.05, 0) is 48.1 Å². The largest absolute Gasteiger partial charge is 0.493 e. The van der Waals surface area contributed by atoms with Gasteiger partial charge in [-0.3, -0.25) is 5.10 Å². The monoisotopic (exact) mass is 397 g/mol. The summed E-state index contributed by atoms with van der Waals surface area (Å²) in [7, 11) is 0. The van der Waals surface area contributed by atoms with Crippen LogP contribution >= 0.6 is 11.6 Å². The molecule has 0 unspecified atom stereocenters. The molecule has 0 spiro atoms. The van der Waals surface area contributed by atoms with Crippen LogP contribution < -0.4 is 0 Å². The smallest absolute Gasteiger partial charge is 0.219 e. The number of hydrogen-bond donors (Lipinski definition) is 2. The van der Waals surface area contributed by atoms with Crippen molar-refractivity contribution >= 4 is 33.3 Å². The highest BCUT2D eigenvalue weighted by Gasteiger charge is 2.25. The Labute approximate surface area is 165 Å². The van der Waals surface area contributed by atoms with Gasteiger partial charge in [-0.1, -0.05) is 17.7 Å². The lowest BCUT2D eigenvalue weighted by Crippen LogP contribution is -2.16. The van der Waals surface area contributed by atoms with Gasteiger partial charge in [0.25, 0.3) is 0 Å². The number of benzene rings is 2. The fraction of sp³-hybridized carbons (Fsp3) is 0.238. The fourth-order valence-corrected chi connectivity index (χ4v) is 4.09. The Morgan fingerprint density at radius 2 is 1.96 bits per heavy atom. The van der Waals surface area contributed by atoms with Crippen LogP contribution in [0.5, 0.6) is 5.88 Å². The first-order valence-corrected chi connectivity index (χ1v) is 9.52. The van der Waals surface area contributed by atoms with E-state index in [-0.39, 0.29) is 16.8 Å². The molecular formula is C21H17ClFN3O2. The number of rotatable bonds is 2. The van der Waals surface area contributed by atoms with Crippen molar-refractivity contribution in [3.05, 3.63) is 53.1 Å². The van der Waals surface area contributed by atoms with E-state index in [1.54, 1.807) is 18.3 Å². The van der Waals surface area contributed by atoms with Gasteiger partial charge in [-0.15, -0.1) is 0 Å². The molecule has 0 saturated carbocycles. The van der Waals surface area contributed by atoms with Crippen molar-refractivity contribution in [3.63, 3.8) is 0 Å². The highest BCUT2D eigenvalue weighted by molar-refractivity contribution is 6.30. The number of aromatic hydroxyl groups is 1. The Balaban J connectivity index is 1.86. The van der Waals surface area contributed by atoms with E-state index < -0.39 is 5.82 Å². The standard InChI is InChI=1S/C21H17ClFN3O2/c22-16-2-1-12(8-17(16)23)19-14-7-13-10-24-26-18(13)9-15(14)21(27)25-20(19)11-3-5-28-6-4-11/h1-2,7-11H,3-6H2,(H,24,26)(H,25,27). The molecule has 2 aromatic carbocycles. The molecule has 2 N–H and O–H groups in total. The van der Waals surface area contributed by atoms with E-state index in [9.17, 15) is 9.50 Å². The van der Waals surface area contributed by atoms with Crippen molar-refractivity contribution in [2.75, 3.05) is 13.2 Å². The maximum absolute atomic E-state index is 14.3. The minimum Gasteiger partial charge on any atom is -0.493 e. The van der Waals surface area contributed by atoms with Crippen molar-refractivity contribution < 1.29 is 14.2 Å². The van der Waals surface area contributed by atoms with Gasteiger partial charge in [0, 0.05) is 35.5 Å². The summed E-state index contributed by atoms with van der Waals surface area (Å²) < 4.78 is 19.8. The minimum absolute atomic E-state index is 0.0359. The predicted molar refractivity (Wildman–Crippen MR) is 106 cm³/mol. The topological polar surface area (TPSA) is 71.0 Å². The van der Waals surface area contributed by atoms with E-state index in [4.69, 9.17) is 16.3 Å².